The number of hydrogen-bond donors (Lipinski definition) is 2. The van der Waals surface area contributed by atoms with Gasteiger partial charge in [-0.3, -0.25) is 0 Å². The first-order chi connectivity index (χ1) is 7.77. The van der Waals surface area contributed by atoms with Crippen molar-refractivity contribution in [3.63, 3.8) is 0 Å². The molecule has 3 aromatic rings. The largest absolute Gasteiger partial charge is 0.507 e. The van der Waals surface area contributed by atoms with Crippen molar-refractivity contribution in [3.05, 3.63) is 48.5 Å². The zero-order chi connectivity index (χ0) is 11.1. The molecule has 0 heterocycles. The average molecular weight is 226 g/mol. The monoisotopic (exact) mass is 226 g/mol. The van der Waals surface area contributed by atoms with Crippen molar-refractivity contribution in [2.45, 2.75) is 7.43 Å². The Morgan fingerprint density at radius 1 is 0.765 bits per heavy atom. The van der Waals surface area contributed by atoms with Gasteiger partial charge in [0.05, 0.1) is 5.39 Å². The van der Waals surface area contributed by atoms with Crippen molar-refractivity contribution < 1.29 is 10.2 Å². The van der Waals surface area contributed by atoms with Crippen molar-refractivity contribution >= 4 is 21.5 Å². The third kappa shape index (κ3) is 1.58. The summed E-state index contributed by atoms with van der Waals surface area (Å²) in [6, 6.07) is 14.8. The molecule has 2 nitrogen and oxygen atoms in total. The van der Waals surface area contributed by atoms with Gasteiger partial charge in [0.2, 0.25) is 0 Å². The molecular weight excluding hydrogens is 212 g/mol. The zero-order valence-electron chi connectivity index (χ0n) is 8.51. The van der Waals surface area contributed by atoms with E-state index in [1.165, 1.54) is 0 Å². The molecule has 0 radical (unpaired) electrons. The summed E-state index contributed by atoms with van der Waals surface area (Å²) in [5.74, 6) is 0.256. The highest BCUT2D eigenvalue weighted by Crippen LogP contribution is 2.38. The van der Waals surface area contributed by atoms with E-state index in [1.807, 2.05) is 36.4 Å². The third-order valence-corrected chi connectivity index (χ3v) is 2.84. The number of rotatable bonds is 0. The molecule has 3 aromatic carbocycles. The molecule has 17 heavy (non-hydrogen) atoms. The lowest BCUT2D eigenvalue weighted by Gasteiger charge is -2.07. The second kappa shape index (κ2) is 3.98. The van der Waals surface area contributed by atoms with Crippen LogP contribution in [0.25, 0.3) is 21.5 Å². The van der Waals surface area contributed by atoms with Gasteiger partial charge in [0.25, 0.3) is 0 Å². The second-order valence-electron chi connectivity index (χ2n) is 3.82. The molecule has 3 rings (SSSR count). The fourth-order valence-electron chi connectivity index (χ4n) is 2.08. The lowest BCUT2D eigenvalue weighted by atomic mass is 10.0. The highest BCUT2D eigenvalue weighted by atomic mass is 16.3. The Labute approximate surface area is 99.8 Å². The van der Waals surface area contributed by atoms with Crippen LogP contribution < -0.4 is 0 Å². The quantitative estimate of drug-likeness (QED) is 0.568. The minimum absolute atomic E-state index is 0. The maximum absolute atomic E-state index is 10.1. The number of aromatic hydroxyl groups is 2. The first-order valence-electron chi connectivity index (χ1n) is 5.10. The van der Waals surface area contributed by atoms with E-state index in [4.69, 9.17) is 0 Å². The summed E-state index contributed by atoms with van der Waals surface area (Å²) in [5.41, 5.74) is 0. The first kappa shape index (κ1) is 11.3. The molecule has 0 atom stereocenters. The van der Waals surface area contributed by atoms with Gasteiger partial charge in [-0.1, -0.05) is 43.8 Å². The van der Waals surface area contributed by atoms with Crippen molar-refractivity contribution in [3.8, 4) is 11.5 Å². The molecule has 0 aromatic heterocycles. The van der Waals surface area contributed by atoms with Crippen LogP contribution in [0.3, 0.4) is 0 Å². The summed E-state index contributed by atoms with van der Waals surface area (Å²) in [6.07, 6.45) is 0. The number of hydrogen-bond acceptors (Lipinski definition) is 2. The topological polar surface area (TPSA) is 40.5 Å². The van der Waals surface area contributed by atoms with E-state index in [1.54, 1.807) is 12.1 Å². The van der Waals surface area contributed by atoms with E-state index in [0.717, 1.165) is 16.2 Å². The Hall–Kier alpha value is -2.22. The molecule has 0 saturated heterocycles. The number of benzene rings is 3. The molecule has 0 aliphatic heterocycles. The average Bonchev–Trinajstić information content (AvgIpc) is 2.29. The van der Waals surface area contributed by atoms with Crippen molar-refractivity contribution in [1.29, 1.82) is 0 Å². The molecule has 0 unspecified atom stereocenters. The van der Waals surface area contributed by atoms with Crippen LogP contribution in [0, 0.1) is 0 Å². The number of phenolic OH excluding ortho intramolecular Hbond substituents is 2. The van der Waals surface area contributed by atoms with Crippen molar-refractivity contribution in [2.24, 2.45) is 0 Å². The van der Waals surface area contributed by atoms with Gasteiger partial charge >= 0.3 is 0 Å². The fraction of sp³-hybridized carbons (Fsp3) is 0.0667. The lowest BCUT2D eigenvalue weighted by Crippen LogP contribution is -1.79. The Morgan fingerprint density at radius 3 is 2.29 bits per heavy atom. The molecule has 0 aliphatic rings. The SMILES string of the molecule is C.Oc1cccc2cc3ccccc3c(O)c12. The molecule has 0 fully saturated rings. The summed E-state index contributed by atoms with van der Waals surface area (Å²) < 4.78 is 0. The number of fused-ring (bicyclic) bond motifs is 2. The third-order valence-electron chi connectivity index (χ3n) is 2.84. The Morgan fingerprint density at radius 2 is 1.47 bits per heavy atom. The molecule has 86 valence electrons. The molecule has 0 aliphatic carbocycles. The molecule has 0 spiro atoms. The van der Waals surface area contributed by atoms with Gasteiger partial charge in [-0.2, -0.15) is 0 Å². The van der Waals surface area contributed by atoms with Crippen LogP contribution >= 0.6 is 0 Å². The Balaban J connectivity index is 0.00000108. The highest BCUT2D eigenvalue weighted by molar-refractivity contribution is 6.07. The molecule has 0 saturated carbocycles. The van der Waals surface area contributed by atoms with Crippen molar-refractivity contribution in [1.82, 2.24) is 0 Å². The normalized spacial score (nSPS) is 10.4. The summed E-state index contributed by atoms with van der Waals surface area (Å²) >= 11 is 0. The predicted octanol–water partition coefficient (Wildman–Crippen LogP) is 4.04. The van der Waals surface area contributed by atoms with Gasteiger partial charge in [0.15, 0.2) is 0 Å². The van der Waals surface area contributed by atoms with Crippen LogP contribution in [0.15, 0.2) is 48.5 Å². The van der Waals surface area contributed by atoms with Crippen LogP contribution in [-0.2, 0) is 0 Å². The smallest absolute Gasteiger partial charge is 0.134 e. The second-order valence-corrected chi connectivity index (χ2v) is 3.82. The Kier molecular flexibility index (Phi) is 2.64. The highest BCUT2D eigenvalue weighted by Gasteiger charge is 2.08. The van der Waals surface area contributed by atoms with Crippen molar-refractivity contribution in [2.75, 3.05) is 0 Å². The van der Waals surface area contributed by atoms with Crippen LogP contribution in [0.4, 0.5) is 0 Å². The van der Waals surface area contributed by atoms with Crippen LogP contribution in [-0.4, -0.2) is 10.2 Å². The molecule has 2 heteroatoms. The molecule has 0 bridgehead atoms. The minimum atomic E-state index is 0. The lowest BCUT2D eigenvalue weighted by molar-refractivity contribution is 0.467. The fourth-order valence-corrected chi connectivity index (χ4v) is 2.08. The van der Waals surface area contributed by atoms with E-state index in [9.17, 15) is 10.2 Å². The van der Waals surface area contributed by atoms with Gasteiger partial charge in [0, 0.05) is 5.39 Å². The summed E-state index contributed by atoms with van der Waals surface area (Å²) in [6.45, 7) is 0. The van der Waals surface area contributed by atoms with Gasteiger partial charge in [-0.25, -0.2) is 0 Å². The molecule has 2 N–H and O–H groups in total. The van der Waals surface area contributed by atoms with Crippen LogP contribution in [0.2, 0.25) is 0 Å². The van der Waals surface area contributed by atoms with E-state index in [2.05, 4.69) is 0 Å². The summed E-state index contributed by atoms with van der Waals surface area (Å²) in [5, 5.41) is 23.0. The molecular formula is C15H14O2. The standard InChI is InChI=1S/C14H10O2.CH4/c15-12-7-3-5-10-8-9-4-1-2-6-11(9)14(16)13(10)12;/h1-8,15-16H;1H4. The predicted molar refractivity (Wildman–Crippen MR) is 71.5 cm³/mol. The van der Waals surface area contributed by atoms with E-state index < -0.39 is 0 Å². The zero-order valence-corrected chi connectivity index (χ0v) is 8.51. The van der Waals surface area contributed by atoms with Crippen LogP contribution in [0.5, 0.6) is 11.5 Å². The number of phenols is 2. The first-order valence-corrected chi connectivity index (χ1v) is 5.10. The van der Waals surface area contributed by atoms with E-state index >= 15 is 0 Å². The maximum atomic E-state index is 10.1. The summed E-state index contributed by atoms with van der Waals surface area (Å²) in [4.78, 5) is 0. The maximum Gasteiger partial charge on any atom is 0.134 e. The Bertz CT molecular complexity index is 687. The summed E-state index contributed by atoms with van der Waals surface area (Å²) in [7, 11) is 0. The van der Waals surface area contributed by atoms with Gasteiger partial charge < -0.3 is 10.2 Å². The van der Waals surface area contributed by atoms with Crippen LogP contribution in [0.1, 0.15) is 7.43 Å². The van der Waals surface area contributed by atoms with E-state index in [0.29, 0.717) is 5.39 Å². The molecule has 0 amide bonds. The minimum Gasteiger partial charge on any atom is -0.507 e. The van der Waals surface area contributed by atoms with Gasteiger partial charge in [-0.05, 0) is 22.9 Å². The van der Waals surface area contributed by atoms with Gasteiger partial charge in [0.1, 0.15) is 11.5 Å². The van der Waals surface area contributed by atoms with Gasteiger partial charge in [-0.15, -0.1) is 0 Å². The van der Waals surface area contributed by atoms with E-state index in [-0.39, 0.29) is 18.9 Å².